The molecular weight excluding hydrogens is 685 g/mol. The summed E-state index contributed by atoms with van der Waals surface area (Å²) in [7, 11) is 0. The second-order valence-electron chi connectivity index (χ2n) is 14.7. The van der Waals surface area contributed by atoms with Gasteiger partial charge < -0.3 is 39.7 Å². The number of carboxylic acid groups (broad SMARTS) is 1. The molecular formula is C38H60F2LiN4O8-. The average molecular weight is 746 g/mol. The summed E-state index contributed by atoms with van der Waals surface area (Å²) >= 11 is 0. The van der Waals surface area contributed by atoms with E-state index in [4.69, 9.17) is 4.74 Å². The molecule has 15 heteroatoms. The molecule has 0 radical (unpaired) electrons. The molecule has 0 aliphatic carbocycles. The number of aryl methyl sites for hydroxylation is 2. The van der Waals surface area contributed by atoms with Gasteiger partial charge in [0.25, 0.3) is 11.1 Å². The van der Waals surface area contributed by atoms with Gasteiger partial charge in [-0.05, 0) is 93.4 Å². The van der Waals surface area contributed by atoms with Gasteiger partial charge in [0.15, 0.2) is 0 Å². The molecule has 53 heavy (non-hydrogen) atoms. The van der Waals surface area contributed by atoms with E-state index in [-0.39, 0.29) is 58.7 Å². The Morgan fingerprint density at radius 1 is 0.792 bits per heavy atom. The van der Waals surface area contributed by atoms with Gasteiger partial charge in [-0.15, -0.1) is 0 Å². The number of ether oxygens (including phenoxy) is 1. The number of pyridine rings is 2. The van der Waals surface area contributed by atoms with Crippen LogP contribution in [0.1, 0.15) is 94.6 Å². The zero-order valence-corrected chi connectivity index (χ0v) is 32.9. The van der Waals surface area contributed by atoms with Crippen LogP contribution in [0.5, 0.6) is 0 Å². The first-order valence-electron chi connectivity index (χ1n) is 18.1. The van der Waals surface area contributed by atoms with Gasteiger partial charge in [-0.1, -0.05) is 27.7 Å². The molecule has 2 aliphatic rings. The van der Waals surface area contributed by atoms with Gasteiger partial charge in [0.1, 0.15) is 24.4 Å². The van der Waals surface area contributed by atoms with Gasteiger partial charge in [0.2, 0.25) is 0 Å². The number of esters is 1. The number of carbonyl (C=O) groups excluding carboxylic acids is 1. The molecule has 0 amide bonds. The van der Waals surface area contributed by atoms with E-state index in [0.29, 0.717) is 51.8 Å². The summed E-state index contributed by atoms with van der Waals surface area (Å²) in [5.74, 6) is -0.917. The van der Waals surface area contributed by atoms with Crippen LogP contribution in [0, 0.1) is 25.7 Å². The molecule has 2 fully saturated rings. The quantitative estimate of drug-likeness (QED) is 0.210. The van der Waals surface area contributed by atoms with Crippen LogP contribution in [-0.4, -0.2) is 105 Å². The third kappa shape index (κ3) is 15.4. The van der Waals surface area contributed by atoms with Crippen LogP contribution in [-0.2, 0) is 27.2 Å². The molecule has 0 aromatic carbocycles. The summed E-state index contributed by atoms with van der Waals surface area (Å²) in [5.41, 5.74) is 3.27. The third-order valence-electron chi connectivity index (χ3n) is 9.52. The van der Waals surface area contributed by atoms with E-state index in [2.05, 4.69) is 9.80 Å². The number of aromatic nitrogens is 2. The fraction of sp³-hybridized carbons (Fsp3) is 0.684. The Balaban J connectivity index is 0.000000968. The predicted molar refractivity (Wildman–Crippen MR) is 195 cm³/mol. The van der Waals surface area contributed by atoms with Crippen molar-refractivity contribution in [1.29, 1.82) is 0 Å². The molecule has 0 saturated carbocycles. The number of halogens is 2. The first-order valence-corrected chi connectivity index (χ1v) is 18.1. The monoisotopic (exact) mass is 745 g/mol. The van der Waals surface area contributed by atoms with E-state index in [1.807, 2.05) is 41.5 Å². The van der Waals surface area contributed by atoms with Crippen LogP contribution >= 0.6 is 0 Å². The van der Waals surface area contributed by atoms with Gasteiger partial charge in [-0.3, -0.25) is 9.59 Å². The number of hydrogen-bond donors (Lipinski definition) is 1. The Hall–Kier alpha value is -2.86. The molecule has 2 aromatic rings. The van der Waals surface area contributed by atoms with Crippen LogP contribution in [0.15, 0.2) is 34.1 Å². The molecule has 2 saturated heterocycles. The van der Waals surface area contributed by atoms with Crippen molar-refractivity contribution < 1.29 is 58.0 Å². The summed E-state index contributed by atoms with van der Waals surface area (Å²) in [5, 5.41) is 9.48. The fourth-order valence-electron chi connectivity index (χ4n) is 6.70. The zero-order chi connectivity index (χ0) is 37.1. The van der Waals surface area contributed by atoms with Crippen LogP contribution in [0.25, 0.3) is 0 Å². The van der Waals surface area contributed by atoms with E-state index in [1.54, 1.807) is 25.4 Å². The van der Waals surface area contributed by atoms with Crippen LogP contribution in [0.2, 0.25) is 0 Å². The smallest absolute Gasteiger partial charge is 0.870 e. The molecule has 4 atom stereocenters. The number of rotatable bonds is 15. The Morgan fingerprint density at radius 2 is 1.19 bits per heavy atom. The Kier molecular flexibility index (Phi) is 22.5. The minimum atomic E-state index is -0.986. The van der Waals surface area contributed by atoms with Crippen LogP contribution in [0.4, 0.5) is 8.78 Å². The maximum absolute atomic E-state index is 13.3. The molecule has 0 bridgehead atoms. The van der Waals surface area contributed by atoms with Crippen molar-refractivity contribution in [3.8, 4) is 0 Å². The minimum absolute atomic E-state index is 0. The number of hydrogen-bond acceptors (Lipinski definition) is 9. The van der Waals surface area contributed by atoms with Crippen molar-refractivity contribution in [1.82, 2.24) is 18.9 Å². The second-order valence-corrected chi connectivity index (χ2v) is 14.7. The van der Waals surface area contributed by atoms with Gasteiger partial charge in [-0.2, -0.15) is 0 Å². The van der Waals surface area contributed by atoms with Gasteiger partial charge in [0.05, 0.1) is 6.61 Å². The second kappa shape index (κ2) is 23.8. The molecule has 4 rings (SSSR count). The first kappa shape index (κ1) is 50.1. The maximum atomic E-state index is 13.3. The van der Waals surface area contributed by atoms with Crippen molar-refractivity contribution in [3.63, 3.8) is 0 Å². The van der Waals surface area contributed by atoms with Gasteiger partial charge in [-0.25, -0.2) is 18.4 Å². The first-order chi connectivity index (χ1) is 23.6. The zero-order valence-electron chi connectivity index (χ0n) is 32.9. The maximum Gasteiger partial charge on any atom is 1.00 e. The molecule has 2 aliphatic heterocycles. The molecule has 3 N–H and O–H groups in total. The number of carboxylic acids is 1. The number of alkyl halides is 2. The van der Waals surface area contributed by atoms with Gasteiger partial charge >= 0.3 is 30.8 Å². The molecule has 4 heterocycles. The fourth-order valence-corrected chi connectivity index (χ4v) is 6.70. The van der Waals surface area contributed by atoms with Crippen molar-refractivity contribution in [2.24, 2.45) is 11.8 Å². The van der Waals surface area contributed by atoms with Crippen LogP contribution < -0.4 is 30.0 Å². The average Bonchev–Trinajstić information content (AvgIpc) is 3.65. The summed E-state index contributed by atoms with van der Waals surface area (Å²) in [6, 6.07) is 1.64. The minimum Gasteiger partial charge on any atom is -0.870 e. The van der Waals surface area contributed by atoms with E-state index in [9.17, 15) is 33.1 Å². The number of carbonyl (C=O) groups is 2. The molecule has 296 valence electrons. The number of nitrogens with zero attached hydrogens (tertiary/aromatic N) is 4. The Bertz CT molecular complexity index is 1550. The topological polar surface area (TPSA) is 174 Å². The predicted octanol–water partition coefficient (Wildman–Crippen LogP) is 1.96. The Morgan fingerprint density at radius 3 is 1.53 bits per heavy atom. The van der Waals surface area contributed by atoms with Crippen molar-refractivity contribution in [2.45, 2.75) is 111 Å². The normalized spacial score (nSPS) is 18.3. The SMILES string of the molecule is CCOC(=O)C(CC(C)C)n1cc(CCN2CC[C@@H](F)C2)c(C)cc1=O.Cc1cc(=O)n(C(CC(C)C)C(=O)O)cc1CCN1CC[C@@H](F)C1.[Li+].[OH-].[OH-]. The van der Waals surface area contributed by atoms with Gasteiger partial charge in [0, 0.05) is 63.8 Å². The summed E-state index contributed by atoms with van der Waals surface area (Å²) in [4.78, 5) is 52.9. The largest absolute Gasteiger partial charge is 1.00 e. The molecule has 2 aromatic heterocycles. The number of likely N-dealkylation sites (tertiary alicyclic amines) is 2. The standard InChI is InChI=1S/C20H31FN2O3.C18H27FN2O3.Li.2H2O/c1-5-26-20(25)18(10-14(2)3)23-12-16(15(4)11-19(23)24)6-8-22-9-7-17(21)13-22;1-12(2)8-16(18(23)24)21-10-14(13(3)9-17(21)22)4-6-20-7-5-15(19)11-20;;;/h11-12,14,17-18H,5-10,13H2,1-4H3;9-10,12,15-16H,4-8,11H2,1-3H3,(H,23,24);;2*1H2/q;;+1;;/p-2/t17-,18?;15-,16?;;;/m11.../s1. The summed E-state index contributed by atoms with van der Waals surface area (Å²) in [6.07, 6.45) is 5.55. The molecule has 12 nitrogen and oxygen atoms in total. The number of aliphatic carboxylic acids is 1. The van der Waals surface area contributed by atoms with E-state index >= 15 is 0 Å². The van der Waals surface area contributed by atoms with Crippen molar-refractivity contribution in [3.05, 3.63) is 67.5 Å². The molecule has 0 spiro atoms. The van der Waals surface area contributed by atoms with Crippen molar-refractivity contribution >= 4 is 11.9 Å². The van der Waals surface area contributed by atoms with E-state index < -0.39 is 30.4 Å². The van der Waals surface area contributed by atoms with Crippen LogP contribution in [0.3, 0.4) is 0 Å². The molecule has 2 unspecified atom stereocenters. The Labute approximate surface area is 324 Å². The summed E-state index contributed by atoms with van der Waals surface area (Å²) < 4.78 is 34.7. The third-order valence-corrected chi connectivity index (χ3v) is 9.52. The summed E-state index contributed by atoms with van der Waals surface area (Å²) in [6.45, 7) is 17.7. The van der Waals surface area contributed by atoms with Crippen molar-refractivity contribution in [2.75, 3.05) is 45.9 Å². The van der Waals surface area contributed by atoms with E-state index in [1.165, 1.54) is 15.2 Å². The van der Waals surface area contributed by atoms with E-state index in [0.717, 1.165) is 54.9 Å².